The zero-order chi connectivity index (χ0) is 14.5. The molecule has 0 bridgehead atoms. The molecule has 0 atom stereocenters. The zero-order valence-electron chi connectivity index (χ0n) is 11.3. The summed E-state index contributed by atoms with van der Waals surface area (Å²) in [6.45, 7) is 1.95. The van der Waals surface area contributed by atoms with E-state index in [0.717, 1.165) is 5.56 Å². The van der Waals surface area contributed by atoms with Crippen LogP contribution in [0, 0.1) is 6.92 Å². The number of rotatable bonds is 3. The predicted molar refractivity (Wildman–Crippen MR) is 78.5 cm³/mol. The lowest BCUT2D eigenvalue weighted by atomic mass is 10.2. The molecule has 0 aliphatic carbocycles. The van der Waals surface area contributed by atoms with Crippen molar-refractivity contribution in [3.63, 3.8) is 0 Å². The minimum absolute atomic E-state index is 0.0270. The second-order valence-electron chi connectivity index (χ2n) is 4.34. The maximum absolute atomic E-state index is 11.8. The van der Waals surface area contributed by atoms with Crippen LogP contribution in [0.15, 0.2) is 42.5 Å². The molecule has 0 spiro atoms. The number of amides is 2. The number of urea groups is 1. The van der Waals surface area contributed by atoms with E-state index >= 15 is 0 Å². The van der Waals surface area contributed by atoms with Crippen LogP contribution in [0.1, 0.15) is 5.56 Å². The normalized spacial score (nSPS) is 9.90. The minimum atomic E-state index is -0.375. The van der Waals surface area contributed by atoms with E-state index < -0.39 is 0 Å². The molecule has 0 saturated heterocycles. The molecular weight excluding hydrogens is 256 g/mol. The molecule has 2 rings (SSSR count). The second-order valence-corrected chi connectivity index (χ2v) is 4.34. The highest BCUT2D eigenvalue weighted by Gasteiger charge is 2.06. The van der Waals surface area contributed by atoms with Crippen LogP contribution in [0.25, 0.3) is 0 Å². The summed E-state index contributed by atoms with van der Waals surface area (Å²) >= 11 is 0. The monoisotopic (exact) mass is 272 g/mol. The first kappa shape index (κ1) is 13.7. The molecule has 0 saturated carbocycles. The first-order chi connectivity index (χ1) is 9.58. The summed E-state index contributed by atoms with van der Waals surface area (Å²) in [5, 5.41) is 15.0. The third kappa shape index (κ3) is 3.41. The van der Waals surface area contributed by atoms with Crippen LogP contribution in [0.4, 0.5) is 16.2 Å². The number of phenolic OH excluding ortho intramolecular Hbond substituents is 1. The predicted octanol–water partition coefficient (Wildman–Crippen LogP) is 3.35. The van der Waals surface area contributed by atoms with Gasteiger partial charge in [0.1, 0.15) is 0 Å². The molecule has 20 heavy (non-hydrogen) atoms. The summed E-state index contributed by atoms with van der Waals surface area (Å²) in [6.07, 6.45) is 0. The number of nitrogens with one attached hydrogen (secondary N) is 2. The molecule has 104 valence electrons. The third-order valence-electron chi connectivity index (χ3n) is 2.71. The lowest BCUT2D eigenvalue weighted by Gasteiger charge is -2.09. The highest BCUT2D eigenvalue weighted by Crippen LogP contribution is 2.28. The van der Waals surface area contributed by atoms with Gasteiger partial charge >= 0.3 is 6.03 Å². The summed E-state index contributed by atoms with van der Waals surface area (Å²) in [6, 6.07) is 11.8. The Bertz CT molecular complexity index is 626. The van der Waals surface area contributed by atoms with E-state index in [1.807, 2.05) is 25.1 Å². The molecule has 3 N–H and O–H groups in total. The van der Waals surface area contributed by atoms with Gasteiger partial charge in [0.15, 0.2) is 11.5 Å². The van der Waals surface area contributed by atoms with Gasteiger partial charge in [0.25, 0.3) is 0 Å². The lowest BCUT2D eigenvalue weighted by molar-refractivity contribution is 0.262. The van der Waals surface area contributed by atoms with E-state index in [4.69, 9.17) is 4.74 Å². The number of hydrogen-bond acceptors (Lipinski definition) is 3. The van der Waals surface area contributed by atoms with Crippen LogP contribution in [-0.4, -0.2) is 18.2 Å². The zero-order valence-corrected chi connectivity index (χ0v) is 11.3. The van der Waals surface area contributed by atoms with E-state index in [0.29, 0.717) is 17.1 Å². The maximum atomic E-state index is 11.8. The topological polar surface area (TPSA) is 70.6 Å². The molecule has 0 aliphatic rings. The van der Waals surface area contributed by atoms with Gasteiger partial charge in [0.05, 0.1) is 7.11 Å². The van der Waals surface area contributed by atoms with E-state index in [9.17, 15) is 9.90 Å². The van der Waals surface area contributed by atoms with Crippen LogP contribution < -0.4 is 15.4 Å². The van der Waals surface area contributed by atoms with Crippen molar-refractivity contribution in [3.8, 4) is 11.5 Å². The van der Waals surface area contributed by atoms with Crippen molar-refractivity contribution in [2.75, 3.05) is 17.7 Å². The lowest BCUT2D eigenvalue weighted by Crippen LogP contribution is -2.19. The van der Waals surface area contributed by atoms with Gasteiger partial charge < -0.3 is 20.5 Å². The number of carbonyl (C=O) groups excluding carboxylic acids is 1. The van der Waals surface area contributed by atoms with Crippen molar-refractivity contribution in [2.45, 2.75) is 6.92 Å². The largest absolute Gasteiger partial charge is 0.504 e. The Morgan fingerprint density at radius 1 is 1.10 bits per heavy atom. The Hall–Kier alpha value is -2.69. The molecule has 0 aromatic heterocycles. The Kier molecular flexibility index (Phi) is 4.10. The van der Waals surface area contributed by atoms with E-state index in [-0.39, 0.29) is 11.8 Å². The average molecular weight is 272 g/mol. The average Bonchev–Trinajstić information content (AvgIpc) is 2.38. The Labute approximate surface area is 117 Å². The molecular formula is C15H16N2O3. The van der Waals surface area contributed by atoms with Crippen LogP contribution in [0.2, 0.25) is 0 Å². The van der Waals surface area contributed by atoms with Crippen LogP contribution in [0.3, 0.4) is 0 Å². The number of phenols is 1. The maximum Gasteiger partial charge on any atom is 0.323 e. The number of aromatic hydroxyl groups is 1. The highest BCUT2D eigenvalue weighted by atomic mass is 16.5. The van der Waals surface area contributed by atoms with Crippen molar-refractivity contribution >= 4 is 17.4 Å². The van der Waals surface area contributed by atoms with E-state index in [1.165, 1.54) is 13.2 Å². The molecule has 5 nitrogen and oxygen atoms in total. The molecule has 0 unspecified atom stereocenters. The third-order valence-corrected chi connectivity index (χ3v) is 2.71. The second kappa shape index (κ2) is 5.97. The van der Waals surface area contributed by atoms with Crippen molar-refractivity contribution < 1.29 is 14.6 Å². The number of ether oxygens (including phenoxy) is 1. The van der Waals surface area contributed by atoms with Crippen molar-refractivity contribution in [1.82, 2.24) is 0 Å². The molecule has 0 fully saturated rings. The highest BCUT2D eigenvalue weighted by molar-refractivity contribution is 5.99. The number of hydrogen-bond donors (Lipinski definition) is 3. The first-order valence-electron chi connectivity index (χ1n) is 6.10. The molecule has 2 aromatic rings. The van der Waals surface area contributed by atoms with Gasteiger partial charge in [-0.3, -0.25) is 0 Å². The van der Waals surface area contributed by atoms with Gasteiger partial charge in [-0.15, -0.1) is 0 Å². The summed E-state index contributed by atoms with van der Waals surface area (Å²) < 4.78 is 4.94. The van der Waals surface area contributed by atoms with Crippen molar-refractivity contribution in [3.05, 3.63) is 48.0 Å². The van der Waals surface area contributed by atoms with Gasteiger partial charge in [-0.25, -0.2) is 4.79 Å². The van der Waals surface area contributed by atoms with E-state index in [2.05, 4.69) is 10.6 Å². The van der Waals surface area contributed by atoms with Crippen molar-refractivity contribution in [2.24, 2.45) is 0 Å². The summed E-state index contributed by atoms with van der Waals surface area (Å²) in [7, 11) is 1.46. The molecule has 2 amide bonds. The standard InChI is InChI=1S/C15H16N2O3/c1-10-4-3-5-11(8-10)16-15(19)17-12-6-7-14(20-2)13(18)9-12/h3-9,18H,1-2H3,(H2,16,17,19). The Morgan fingerprint density at radius 2 is 1.80 bits per heavy atom. The fraction of sp³-hybridized carbons (Fsp3) is 0.133. The van der Waals surface area contributed by atoms with Gasteiger partial charge in [0.2, 0.25) is 0 Å². The fourth-order valence-corrected chi connectivity index (χ4v) is 1.78. The number of methoxy groups -OCH3 is 1. The van der Waals surface area contributed by atoms with Crippen molar-refractivity contribution in [1.29, 1.82) is 0 Å². The number of carbonyl (C=O) groups is 1. The molecule has 0 aliphatic heterocycles. The molecule has 0 radical (unpaired) electrons. The molecule has 5 heteroatoms. The smallest absolute Gasteiger partial charge is 0.323 e. The van der Waals surface area contributed by atoms with Gasteiger partial charge in [-0.1, -0.05) is 12.1 Å². The molecule has 0 heterocycles. The van der Waals surface area contributed by atoms with Crippen LogP contribution in [0.5, 0.6) is 11.5 Å². The number of anilines is 2. The SMILES string of the molecule is COc1ccc(NC(=O)Nc2cccc(C)c2)cc1O. The summed E-state index contributed by atoms with van der Waals surface area (Å²) in [5.41, 5.74) is 2.25. The minimum Gasteiger partial charge on any atom is -0.504 e. The first-order valence-corrected chi connectivity index (χ1v) is 6.10. The number of aryl methyl sites for hydroxylation is 1. The van der Waals surface area contributed by atoms with Crippen LogP contribution in [-0.2, 0) is 0 Å². The Balaban J connectivity index is 2.03. The number of benzene rings is 2. The van der Waals surface area contributed by atoms with Gasteiger partial charge in [0, 0.05) is 17.4 Å². The Morgan fingerprint density at radius 3 is 2.40 bits per heavy atom. The summed E-state index contributed by atoms with van der Waals surface area (Å²) in [4.78, 5) is 11.8. The fourth-order valence-electron chi connectivity index (χ4n) is 1.78. The van der Waals surface area contributed by atoms with Gasteiger partial charge in [-0.05, 0) is 36.8 Å². The van der Waals surface area contributed by atoms with Crippen LogP contribution >= 0.6 is 0 Å². The van der Waals surface area contributed by atoms with Gasteiger partial charge in [-0.2, -0.15) is 0 Å². The molecule has 2 aromatic carbocycles. The quantitative estimate of drug-likeness (QED) is 0.802. The summed E-state index contributed by atoms with van der Waals surface area (Å²) in [5.74, 6) is 0.329. The van der Waals surface area contributed by atoms with E-state index in [1.54, 1.807) is 18.2 Å².